The zero-order chi connectivity index (χ0) is 9.97. The third-order valence-corrected chi connectivity index (χ3v) is 1.84. The molecule has 2 unspecified atom stereocenters. The first-order valence-corrected chi connectivity index (χ1v) is 3.93. The Morgan fingerprint density at radius 2 is 2.14 bits per heavy atom. The van der Waals surface area contributed by atoms with E-state index in [1.807, 2.05) is 6.07 Å². The third kappa shape index (κ3) is 1.27. The molecule has 0 bridgehead atoms. The predicted molar refractivity (Wildman–Crippen MR) is 47.9 cm³/mol. The first-order chi connectivity index (χ1) is 6.83. The van der Waals surface area contributed by atoms with Crippen LogP contribution in [0.2, 0.25) is 0 Å². The van der Waals surface area contributed by atoms with E-state index < -0.39 is 12.1 Å². The molecular weight excluding hydrogens is 182 g/mol. The van der Waals surface area contributed by atoms with E-state index >= 15 is 0 Å². The van der Waals surface area contributed by atoms with Crippen LogP contribution in [0.4, 0.5) is 5.95 Å². The van der Waals surface area contributed by atoms with Gasteiger partial charge in [-0.05, 0) is 0 Å². The lowest BCUT2D eigenvalue weighted by Crippen LogP contribution is -2.40. The lowest BCUT2D eigenvalue weighted by molar-refractivity contribution is 0.610. The van der Waals surface area contributed by atoms with E-state index in [0.29, 0.717) is 5.95 Å². The normalized spacial score (nSPS) is 25.0. The van der Waals surface area contributed by atoms with E-state index in [4.69, 9.17) is 11.0 Å². The fraction of sp³-hybridized carbons (Fsp3) is 0.286. The fourth-order valence-electron chi connectivity index (χ4n) is 1.11. The highest BCUT2D eigenvalue weighted by Crippen LogP contribution is 2.17. The molecule has 0 spiro atoms. The molecule has 2 atom stereocenters. The average Bonchev–Trinajstić information content (AvgIpc) is 2.61. The first-order valence-electron chi connectivity index (χ1n) is 3.93. The summed E-state index contributed by atoms with van der Waals surface area (Å²) in [7, 11) is 0. The van der Waals surface area contributed by atoms with Crippen LogP contribution >= 0.6 is 0 Å². The van der Waals surface area contributed by atoms with Crippen molar-refractivity contribution in [1.29, 1.82) is 5.26 Å². The van der Waals surface area contributed by atoms with Crippen LogP contribution in [0.1, 0.15) is 0 Å². The second-order valence-electron chi connectivity index (χ2n) is 2.69. The zero-order valence-electron chi connectivity index (χ0n) is 7.15. The SMILES string of the molecule is N#CC1C=NN(c2ncncn2)C1N. The lowest BCUT2D eigenvalue weighted by Gasteiger charge is -2.18. The number of hydrogen-bond acceptors (Lipinski definition) is 7. The van der Waals surface area contributed by atoms with Gasteiger partial charge in [-0.2, -0.15) is 20.3 Å². The molecule has 14 heavy (non-hydrogen) atoms. The molecule has 0 fully saturated rings. The van der Waals surface area contributed by atoms with Crippen LogP contribution in [0, 0.1) is 17.2 Å². The van der Waals surface area contributed by atoms with Crippen molar-refractivity contribution in [3.05, 3.63) is 12.7 Å². The van der Waals surface area contributed by atoms with Gasteiger partial charge in [0.15, 0.2) is 0 Å². The number of hydrogen-bond donors (Lipinski definition) is 1. The van der Waals surface area contributed by atoms with Gasteiger partial charge >= 0.3 is 0 Å². The van der Waals surface area contributed by atoms with Gasteiger partial charge in [0.1, 0.15) is 24.7 Å². The third-order valence-electron chi connectivity index (χ3n) is 1.84. The Morgan fingerprint density at radius 3 is 2.71 bits per heavy atom. The van der Waals surface area contributed by atoms with Crippen molar-refractivity contribution in [3.63, 3.8) is 0 Å². The molecular formula is C7H7N7. The molecule has 0 amide bonds. The number of rotatable bonds is 1. The van der Waals surface area contributed by atoms with Crippen molar-refractivity contribution in [2.24, 2.45) is 16.8 Å². The minimum atomic E-state index is -0.526. The van der Waals surface area contributed by atoms with Crippen LogP contribution in [0.3, 0.4) is 0 Å². The molecule has 1 aromatic heterocycles. The van der Waals surface area contributed by atoms with Crippen LogP contribution in [-0.2, 0) is 0 Å². The zero-order valence-corrected chi connectivity index (χ0v) is 7.15. The Labute approximate surface area is 79.9 Å². The summed E-state index contributed by atoms with van der Waals surface area (Å²) in [6.07, 6.45) is 3.66. The minimum absolute atomic E-state index is 0.349. The van der Waals surface area contributed by atoms with Crippen LogP contribution in [0.15, 0.2) is 17.8 Å². The Balaban J connectivity index is 2.24. The van der Waals surface area contributed by atoms with Gasteiger partial charge in [-0.3, -0.25) is 0 Å². The summed E-state index contributed by atoms with van der Waals surface area (Å²) in [5, 5.41) is 14.0. The molecule has 1 aliphatic rings. The topological polar surface area (TPSA) is 104 Å². The first kappa shape index (κ1) is 8.52. The summed E-state index contributed by atoms with van der Waals surface area (Å²) in [5.74, 6) is -0.0757. The van der Waals surface area contributed by atoms with E-state index in [0.717, 1.165) is 0 Å². The summed E-state index contributed by atoms with van der Waals surface area (Å²) in [5.41, 5.74) is 5.74. The van der Waals surface area contributed by atoms with E-state index in [1.54, 1.807) is 0 Å². The van der Waals surface area contributed by atoms with Gasteiger partial charge in [0.2, 0.25) is 0 Å². The van der Waals surface area contributed by atoms with Crippen LogP contribution < -0.4 is 10.7 Å². The molecule has 70 valence electrons. The fourth-order valence-corrected chi connectivity index (χ4v) is 1.11. The molecule has 0 saturated heterocycles. The number of hydrazone groups is 1. The van der Waals surface area contributed by atoms with Crippen LogP contribution in [0.5, 0.6) is 0 Å². The van der Waals surface area contributed by atoms with E-state index in [1.165, 1.54) is 23.9 Å². The predicted octanol–water partition coefficient (Wildman–Crippen LogP) is -0.898. The summed E-state index contributed by atoms with van der Waals surface area (Å²) < 4.78 is 0. The van der Waals surface area contributed by atoms with Gasteiger partial charge in [-0.15, -0.1) is 0 Å². The van der Waals surface area contributed by atoms with Gasteiger partial charge in [-0.1, -0.05) is 0 Å². The maximum absolute atomic E-state index is 8.70. The van der Waals surface area contributed by atoms with Crippen molar-refractivity contribution in [2.75, 3.05) is 5.01 Å². The summed E-state index contributed by atoms with van der Waals surface area (Å²) in [6, 6.07) is 2.03. The molecule has 0 saturated carbocycles. The van der Waals surface area contributed by atoms with Gasteiger partial charge in [0.05, 0.1) is 6.07 Å². The standard InChI is InChI=1S/C7H7N7/c8-1-5-2-13-14(6(5)9)7-11-3-10-4-12-7/h2-6H,9H2. The highest BCUT2D eigenvalue weighted by Gasteiger charge is 2.29. The Hall–Kier alpha value is -2.07. The minimum Gasteiger partial charge on any atom is -0.308 e. The van der Waals surface area contributed by atoms with E-state index in [2.05, 4.69) is 20.1 Å². The Bertz CT molecular complexity index is 381. The second kappa shape index (κ2) is 3.35. The van der Waals surface area contributed by atoms with Crippen molar-refractivity contribution >= 4 is 12.2 Å². The molecule has 7 heteroatoms. The number of anilines is 1. The van der Waals surface area contributed by atoms with Crippen LogP contribution in [0.25, 0.3) is 0 Å². The summed E-state index contributed by atoms with van der Waals surface area (Å²) in [6.45, 7) is 0. The van der Waals surface area contributed by atoms with Gasteiger partial charge in [0, 0.05) is 6.21 Å². The van der Waals surface area contributed by atoms with Gasteiger partial charge < -0.3 is 5.73 Å². The monoisotopic (exact) mass is 189 g/mol. The maximum atomic E-state index is 8.70. The lowest BCUT2D eigenvalue weighted by atomic mass is 10.1. The number of aromatic nitrogens is 3. The summed E-state index contributed by atoms with van der Waals surface area (Å²) in [4.78, 5) is 11.4. The Kier molecular flexibility index (Phi) is 2.04. The Morgan fingerprint density at radius 1 is 1.43 bits per heavy atom. The van der Waals surface area contributed by atoms with Gasteiger partial charge in [-0.25, -0.2) is 9.99 Å². The maximum Gasteiger partial charge on any atom is 0.250 e. The number of nitriles is 1. The van der Waals surface area contributed by atoms with Crippen molar-refractivity contribution < 1.29 is 0 Å². The van der Waals surface area contributed by atoms with Gasteiger partial charge in [0.25, 0.3) is 5.95 Å². The molecule has 2 N–H and O–H groups in total. The van der Waals surface area contributed by atoms with E-state index in [9.17, 15) is 0 Å². The molecule has 2 heterocycles. The second-order valence-corrected chi connectivity index (χ2v) is 2.69. The average molecular weight is 189 g/mol. The molecule has 1 aromatic rings. The number of nitrogens with zero attached hydrogens (tertiary/aromatic N) is 6. The van der Waals surface area contributed by atoms with Crippen molar-refractivity contribution in [3.8, 4) is 6.07 Å². The highest BCUT2D eigenvalue weighted by molar-refractivity contribution is 5.70. The number of nitrogens with two attached hydrogens (primary N) is 1. The summed E-state index contributed by atoms with van der Waals surface area (Å²) >= 11 is 0. The quantitative estimate of drug-likeness (QED) is 0.614. The van der Waals surface area contributed by atoms with Crippen LogP contribution in [-0.4, -0.2) is 27.3 Å². The molecule has 0 aromatic carbocycles. The van der Waals surface area contributed by atoms with Crippen molar-refractivity contribution in [2.45, 2.75) is 6.17 Å². The molecule has 7 nitrogen and oxygen atoms in total. The molecule has 2 rings (SSSR count). The molecule has 0 radical (unpaired) electrons. The molecule has 0 aliphatic carbocycles. The highest BCUT2D eigenvalue weighted by atomic mass is 15.6. The van der Waals surface area contributed by atoms with Crippen molar-refractivity contribution in [1.82, 2.24) is 15.0 Å². The smallest absolute Gasteiger partial charge is 0.250 e. The molecule has 1 aliphatic heterocycles. The van der Waals surface area contributed by atoms with E-state index in [-0.39, 0.29) is 0 Å². The largest absolute Gasteiger partial charge is 0.308 e.